The maximum atomic E-state index is 13.0. The summed E-state index contributed by atoms with van der Waals surface area (Å²) in [6.45, 7) is 0. The Morgan fingerprint density at radius 2 is 1.73 bits per heavy atom. The first-order valence-corrected chi connectivity index (χ1v) is 9.54. The average molecular weight is 419 g/mol. The Morgan fingerprint density at radius 1 is 1.00 bits per heavy atom. The first-order chi connectivity index (χ1) is 14.5. The largest absolute Gasteiger partial charge is 0.330 e. The van der Waals surface area contributed by atoms with E-state index in [0.29, 0.717) is 27.5 Å². The van der Waals surface area contributed by atoms with Crippen LogP contribution in [-0.4, -0.2) is 15.3 Å². The number of ketones is 1. The number of nitrogens with zero attached hydrogens (tertiary/aromatic N) is 1. The van der Waals surface area contributed by atoms with Crippen LogP contribution in [0.3, 0.4) is 0 Å². The minimum absolute atomic E-state index is 0.224. The van der Waals surface area contributed by atoms with Crippen LogP contribution >= 0.6 is 11.6 Å². The van der Waals surface area contributed by atoms with Gasteiger partial charge < -0.3 is 4.98 Å². The van der Waals surface area contributed by atoms with Gasteiger partial charge >= 0.3 is 5.69 Å². The fourth-order valence-corrected chi connectivity index (χ4v) is 3.22. The van der Waals surface area contributed by atoms with Crippen molar-refractivity contribution in [3.05, 3.63) is 118 Å². The van der Waals surface area contributed by atoms with Gasteiger partial charge in [-0.2, -0.15) is 0 Å². The highest BCUT2D eigenvalue weighted by Gasteiger charge is 2.12. The summed E-state index contributed by atoms with van der Waals surface area (Å²) in [5.41, 5.74) is 2.86. The number of H-pyrrole nitrogens is 1. The molecule has 148 valence electrons. The van der Waals surface area contributed by atoms with E-state index in [1.54, 1.807) is 60.8 Å². The number of benzene rings is 3. The summed E-state index contributed by atoms with van der Waals surface area (Å²) >= 11 is 5.96. The van der Waals surface area contributed by atoms with Crippen molar-refractivity contribution in [3.8, 4) is 16.9 Å². The Kier molecular flexibility index (Phi) is 5.46. The van der Waals surface area contributed by atoms with Crippen molar-refractivity contribution >= 4 is 23.5 Å². The molecule has 0 atom stereocenters. The number of hydrogen-bond acceptors (Lipinski definition) is 2. The Bertz CT molecular complexity index is 1290. The van der Waals surface area contributed by atoms with Gasteiger partial charge in [-0.25, -0.2) is 9.18 Å². The summed E-state index contributed by atoms with van der Waals surface area (Å²) in [6, 6.07) is 19.8. The first kappa shape index (κ1) is 19.6. The summed E-state index contributed by atoms with van der Waals surface area (Å²) in [6.07, 6.45) is 4.66. The number of aromatic nitrogens is 2. The van der Waals surface area contributed by atoms with Crippen LogP contribution in [0.5, 0.6) is 0 Å². The zero-order valence-corrected chi connectivity index (χ0v) is 16.4. The number of imidazole rings is 1. The van der Waals surface area contributed by atoms with Gasteiger partial charge in [0.2, 0.25) is 0 Å². The molecule has 3 aromatic carbocycles. The van der Waals surface area contributed by atoms with Crippen LogP contribution in [0, 0.1) is 5.82 Å². The van der Waals surface area contributed by atoms with E-state index >= 15 is 0 Å². The van der Waals surface area contributed by atoms with E-state index in [1.807, 2.05) is 12.1 Å². The molecule has 4 nitrogen and oxygen atoms in total. The minimum atomic E-state index is -0.334. The fraction of sp³-hybridized carbons (Fsp3) is 0. The minimum Gasteiger partial charge on any atom is -0.312 e. The molecule has 0 aliphatic carbocycles. The van der Waals surface area contributed by atoms with Gasteiger partial charge in [-0.1, -0.05) is 54.1 Å². The van der Waals surface area contributed by atoms with Crippen LogP contribution in [0.4, 0.5) is 4.39 Å². The number of aromatic amines is 1. The smallest absolute Gasteiger partial charge is 0.312 e. The molecule has 0 saturated heterocycles. The molecule has 0 fully saturated rings. The summed E-state index contributed by atoms with van der Waals surface area (Å²) in [5.74, 6) is -0.558. The van der Waals surface area contributed by atoms with E-state index in [2.05, 4.69) is 4.98 Å². The van der Waals surface area contributed by atoms with Gasteiger partial charge in [0, 0.05) is 22.3 Å². The number of hydrogen-bond donors (Lipinski definition) is 1. The fourth-order valence-electron chi connectivity index (χ4n) is 3.10. The number of carbonyl (C=O) groups is 1. The second kappa shape index (κ2) is 8.35. The van der Waals surface area contributed by atoms with Crippen LogP contribution in [0.2, 0.25) is 5.02 Å². The second-order valence-electron chi connectivity index (χ2n) is 6.62. The third-order valence-electron chi connectivity index (χ3n) is 4.60. The highest BCUT2D eigenvalue weighted by atomic mass is 35.5. The van der Waals surface area contributed by atoms with Crippen LogP contribution < -0.4 is 5.69 Å². The maximum Gasteiger partial charge on any atom is 0.330 e. The van der Waals surface area contributed by atoms with Crippen molar-refractivity contribution in [2.24, 2.45) is 0 Å². The van der Waals surface area contributed by atoms with E-state index < -0.39 is 0 Å². The molecule has 6 heteroatoms. The van der Waals surface area contributed by atoms with Crippen LogP contribution in [0.1, 0.15) is 15.9 Å². The monoisotopic (exact) mass is 418 g/mol. The molecule has 4 aromatic rings. The Hall–Kier alpha value is -3.70. The molecule has 0 radical (unpaired) electrons. The van der Waals surface area contributed by atoms with Gasteiger partial charge in [0.15, 0.2) is 5.78 Å². The topological polar surface area (TPSA) is 54.9 Å². The Balaban J connectivity index is 1.66. The molecule has 30 heavy (non-hydrogen) atoms. The molecule has 0 unspecified atom stereocenters. The van der Waals surface area contributed by atoms with Crippen molar-refractivity contribution in [2.75, 3.05) is 0 Å². The summed E-state index contributed by atoms with van der Waals surface area (Å²) in [5, 5.41) is 0.601. The van der Waals surface area contributed by atoms with Crippen molar-refractivity contribution in [1.82, 2.24) is 9.55 Å². The van der Waals surface area contributed by atoms with E-state index in [9.17, 15) is 14.0 Å². The van der Waals surface area contributed by atoms with Crippen LogP contribution in [0.15, 0.2) is 89.9 Å². The SMILES string of the molecule is O=C(C=Cc1ccc(F)cc1)c1cccc(-n2c(-c3ccc(Cl)cc3)c[nH]c2=O)c1. The van der Waals surface area contributed by atoms with Gasteiger partial charge in [-0.05, 0) is 48.0 Å². The lowest BCUT2D eigenvalue weighted by Gasteiger charge is -2.09. The Morgan fingerprint density at radius 3 is 2.47 bits per heavy atom. The zero-order chi connectivity index (χ0) is 21.1. The highest BCUT2D eigenvalue weighted by Crippen LogP contribution is 2.23. The second-order valence-corrected chi connectivity index (χ2v) is 7.06. The number of allylic oxidation sites excluding steroid dienone is 1. The molecule has 0 amide bonds. The van der Waals surface area contributed by atoms with E-state index in [4.69, 9.17) is 11.6 Å². The van der Waals surface area contributed by atoms with Gasteiger partial charge in [0.1, 0.15) is 5.82 Å². The lowest BCUT2D eigenvalue weighted by Crippen LogP contribution is -2.16. The third-order valence-corrected chi connectivity index (χ3v) is 4.85. The van der Waals surface area contributed by atoms with E-state index in [0.717, 1.165) is 5.56 Å². The van der Waals surface area contributed by atoms with Crippen molar-refractivity contribution in [3.63, 3.8) is 0 Å². The molecule has 0 aliphatic heterocycles. The number of halogens is 2. The zero-order valence-electron chi connectivity index (χ0n) is 15.7. The third kappa shape index (κ3) is 4.16. The maximum absolute atomic E-state index is 13.0. The molecule has 4 rings (SSSR count). The van der Waals surface area contributed by atoms with Crippen LogP contribution in [0.25, 0.3) is 23.0 Å². The van der Waals surface area contributed by atoms with Crippen molar-refractivity contribution < 1.29 is 9.18 Å². The van der Waals surface area contributed by atoms with Gasteiger partial charge in [-0.15, -0.1) is 0 Å². The Labute approximate surface area is 176 Å². The molecule has 1 N–H and O–H groups in total. The molecular weight excluding hydrogens is 403 g/mol. The van der Waals surface area contributed by atoms with E-state index in [-0.39, 0.29) is 17.3 Å². The van der Waals surface area contributed by atoms with Crippen LogP contribution in [-0.2, 0) is 0 Å². The predicted molar refractivity (Wildman–Crippen MR) is 117 cm³/mol. The predicted octanol–water partition coefficient (Wildman–Crippen LogP) is 5.52. The standard InChI is InChI=1S/C24H16ClFN2O2/c25-19-9-7-17(8-10-19)22-15-27-24(30)28(22)21-3-1-2-18(14-21)23(29)13-6-16-4-11-20(26)12-5-16/h1-15H,(H,27,30). The lowest BCUT2D eigenvalue weighted by atomic mass is 10.1. The molecule has 0 aliphatic rings. The molecule has 0 spiro atoms. The van der Waals surface area contributed by atoms with Crippen molar-refractivity contribution in [2.45, 2.75) is 0 Å². The molecule has 0 bridgehead atoms. The molecule has 0 saturated carbocycles. The normalized spacial score (nSPS) is 11.1. The van der Waals surface area contributed by atoms with Gasteiger partial charge in [-0.3, -0.25) is 9.36 Å². The van der Waals surface area contributed by atoms with E-state index in [1.165, 1.54) is 22.8 Å². The molecule has 1 heterocycles. The summed E-state index contributed by atoms with van der Waals surface area (Å²) in [4.78, 5) is 27.8. The van der Waals surface area contributed by atoms with Gasteiger partial charge in [0.25, 0.3) is 0 Å². The molecule has 1 aromatic heterocycles. The lowest BCUT2D eigenvalue weighted by molar-refractivity contribution is 0.104. The van der Waals surface area contributed by atoms with Crippen molar-refractivity contribution in [1.29, 1.82) is 0 Å². The number of carbonyl (C=O) groups excluding carboxylic acids is 1. The summed E-state index contributed by atoms with van der Waals surface area (Å²) in [7, 11) is 0. The quantitative estimate of drug-likeness (QED) is 0.342. The first-order valence-electron chi connectivity index (χ1n) is 9.16. The summed E-state index contributed by atoms with van der Waals surface area (Å²) < 4.78 is 14.5. The number of rotatable bonds is 5. The molecular formula is C24H16ClFN2O2. The highest BCUT2D eigenvalue weighted by molar-refractivity contribution is 6.30. The number of nitrogens with one attached hydrogen (secondary N) is 1. The average Bonchev–Trinajstić information content (AvgIpc) is 3.15. The van der Waals surface area contributed by atoms with Gasteiger partial charge in [0.05, 0.1) is 11.4 Å².